The number of likely N-dealkylation sites (N-methyl/N-ethyl adjacent to an activating group) is 1. The van der Waals surface area contributed by atoms with E-state index in [9.17, 15) is 27.2 Å². The van der Waals surface area contributed by atoms with E-state index in [1.807, 2.05) is 0 Å². The third-order valence-corrected chi connectivity index (χ3v) is 7.88. The fourth-order valence-electron chi connectivity index (χ4n) is 4.34. The van der Waals surface area contributed by atoms with Gasteiger partial charge in [-0.2, -0.15) is 4.31 Å². The lowest BCUT2D eigenvalue weighted by molar-refractivity contribution is -0.152. The number of sulfonamides is 1. The van der Waals surface area contributed by atoms with Crippen LogP contribution in [0, 0.1) is 17.7 Å². The number of nitrogens with zero attached hydrogens (tertiary/aromatic N) is 2. The van der Waals surface area contributed by atoms with E-state index in [1.165, 1.54) is 21.1 Å². The lowest BCUT2D eigenvalue weighted by Crippen LogP contribution is -2.56. The van der Waals surface area contributed by atoms with Crippen LogP contribution in [-0.4, -0.2) is 74.2 Å². The Hall–Kier alpha value is -2.37. The molecule has 0 spiro atoms. The van der Waals surface area contributed by atoms with Crippen molar-refractivity contribution in [2.24, 2.45) is 11.8 Å². The normalized spacial score (nSPS) is 28.9. The first kappa shape index (κ1) is 22.3. The number of hydrogen-bond acceptors (Lipinski definition) is 7. The fraction of sp³-hybridized carbons (Fsp3) is 0.526. The average molecular weight is 441 g/mol. The summed E-state index contributed by atoms with van der Waals surface area (Å²) in [4.78, 5) is 38.7. The zero-order valence-corrected chi connectivity index (χ0v) is 17.9. The van der Waals surface area contributed by atoms with E-state index < -0.39 is 57.0 Å². The number of methoxy groups -OCH3 is 1. The van der Waals surface area contributed by atoms with Crippen molar-refractivity contribution in [1.29, 1.82) is 0 Å². The van der Waals surface area contributed by atoms with Crippen molar-refractivity contribution in [1.82, 2.24) is 14.5 Å². The predicted octanol–water partition coefficient (Wildman–Crippen LogP) is -0.0292. The Morgan fingerprint density at radius 3 is 2.40 bits per heavy atom. The molecule has 0 aliphatic carbocycles. The van der Waals surface area contributed by atoms with E-state index in [0.29, 0.717) is 0 Å². The Morgan fingerprint density at radius 2 is 1.87 bits per heavy atom. The number of rotatable bonds is 6. The molecular formula is C19H24FN3O6S. The van der Waals surface area contributed by atoms with Gasteiger partial charge < -0.3 is 4.74 Å². The molecule has 1 N–H and O–H groups in total. The van der Waals surface area contributed by atoms with E-state index in [2.05, 4.69) is 5.32 Å². The number of hydrogen-bond donors (Lipinski definition) is 1. The first-order chi connectivity index (χ1) is 14.0. The summed E-state index contributed by atoms with van der Waals surface area (Å²) in [6, 6.07) is 3.62. The summed E-state index contributed by atoms with van der Waals surface area (Å²) >= 11 is 0. The van der Waals surface area contributed by atoms with Crippen molar-refractivity contribution in [3.8, 4) is 0 Å². The number of carbonyl (C=O) groups excluding carboxylic acids is 3. The van der Waals surface area contributed by atoms with Gasteiger partial charge in [0, 0.05) is 26.2 Å². The third kappa shape index (κ3) is 3.30. The van der Waals surface area contributed by atoms with Crippen molar-refractivity contribution < 1.29 is 31.9 Å². The summed E-state index contributed by atoms with van der Waals surface area (Å²) in [6.07, 6.45) is 0. The molecule has 0 radical (unpaired) electrons. The maximum absolute atomic E-state index is 13.2. The molecule has 0 bridgehead atoms. The molecule has 2 amide bonds. The van der Waals surface area contributed by atoms with E-state index in [0.717, 1.165) is 33.5 Å². The molecular weight excluding hydrogens is 417 g/mol. The number of ether oxygens (including phenoxy) is 1. The monoisotopic (exact) mass is 441 g/mol. The number of amides is 2. The second-order valence-corrected chi connectivity index (χ2v) is 9.53. The van der Waals surface area contributed by atoms with Crippen LogP contribution >= 0.6 is 0 Å². The van der Waals surface area contributed by atoms with Crippen LogP contribution in [0.3, 0.4) is 0 Å². The van der Waals surface area contributed by atoms with E-state index in [-0.39, 0.29) is 18.0 Å². The van der Waals surface area contributed by atoms with Crippen LogP contribution in [0.5, 0.6) is 0 Å². The minimum Gasteiger partial charge on any atom is -0.468 e. The summed E-state index contributed by atoms with van der Waals surface area (Å²) in [7, 11) is -1.47. The van der Waals surface area contributed by atoms with Gasteiger partial charge in [-0.1, -0.05) is 6.92 Å². The molecule has 164 valence electrons. The van der Waals surface area contributed by atoms with E-state index in [1.54, 1.807) is 6.92 Å². The van der Waals surface area contributed by atoms with Crippen LogP contribution in [0.1, 0.15) is 13.8 Å². The molecule has 1 aromatic rings. The maximum Gasteiger partial charge on any atom is 0.326 e. The summed E-state index contributed by atoms with van der Waals surface area (Å²) in [5.41, 5.74) is -1.47. The zero-order chi connectivity index (χ0) is 22.4. The molecule has 30 heavy (non-hydrogen) atoms. The molecule has 2 heterocycles. The Labute approximate surface area is 174 Å². The molecule has 1 aromatic carbocycles. The zero-order valence-electron chi connectivity index (χ0n) is 17.1. The van der Waals surface area contributed by atoms with Gasteiger partial charge in [0.05, 0.1) is 23.8 Å². The summed E-state index contributed by atoms with van der Waals surface area (Å²) in [5, 5.41) is 2.99. The van der Waals surface area contributed by atoms with Crippen molar-refractivity contribution in [2.75, 3.05) is 27.2 Å². The molecule has 2 saturated heterocycles. The Morgan fingerprint density at radius 1 is 1.27 bits per heavy atom. The number of imide groups is 1. The number of fused-ring (bicyclic) bond motifs is 1. The maximum atomic E-state index is 13.2. The average Bonchev–Trinajstić information content (AvgIpc) is 3.14. The summed E-state index contributed by atoms with van der Waals surface area (Å²) < 4.78 is 45.3. The molecule has 9 nitrogen and oxygen atoms in total. The van der Waals surface area contributed by atoms with Gasteiger partial charge in [0.15, 0.2) is 0 Å². The highest BCUT2D eigenvalue weighted by atomic mass is 32.2. The van der Waals surface area contributed by atoms with Crippen molar-refractivity contribution >= 4 is 27.8 Å². The number of halogens is 1. The summed E-state index contributed by atoms with van der Waals surface area (Å²) in [6.45, 7) is 3.02. The largest absolute Gasteiger partial charge is 0.468 e. The number of nitrogens with one attached hydrogen (secondary N) is 1. The van der Waals surface area contributed by atoms with Gasteiger partial charge >= 0.3 is 5.97 Å². The van der Waals surface area contributed by atoms with Gasteiger partial charge in [-0.05, 0) is 31.2 Å². The van der Waals surface area contributed by atoms with Gasteiger partial charge in [0.1, 0.15) is 11.4 Å². The highest BCUT2D eigenvalue weighted by Crippen LogP contribution is 2.43. The van der Waals surface area contributed by atoms with Crippen molar-refractivity contribution in [3.05, 3.63) is 30.1 Å². The molecule has 4 atom stereocenters. The number of benzene rings is 1. The summed E-state index contributed by atoms with van der Waals surface area (Å²) in [5.74, 6) is -4.18. The van der Waals surface area contributed by atoms with E-state index in [4.69, 9.17) is 4.74 Å². The van der Waals surface area contributed by atoms with Crippen molar-refractivity contribution in [2.45, 2.75) is 30.3 Å². The molecule has 2 aliphatic rings. The van der Waals surface area contributed by atoms with Crippen LogP contribution in [0.15, 0.2) is 29.2 Å². The van der Waals surface area contributed by atoms with Gasteiger partial charge in [0.25, 0.3) is 0 Å². The van der Waals surface area contributed by atoms with Crippen LogP contribution in [0.4, 0.5) is 4.39 Å². The Bertz CT molecular complexity index is 982. The second kappa shape index (κ2) is 7.71. The standard InChI is InChI=1S/C19H24FN3O6S/c1-5-23(30(27,28)12-8-6-11(20)7-9-12)10-13-14-15(17(25)22(3)16(14)24)19(2,21-13)18(26)29-4/h6-9,13-15,21H,5,10H2,1-4H3/t13-,14+,15-,19-/m1/s1. The molecule has 0 saturated carbocycles. The van der Waals surface area contributed by atoms with Crippen molar-refractivity contribution in [3.63, 3.8) is 0 Å². The number of likely N-dealkylation sites (tertiary alicyclic amines) is 1. The van der Waals surface area contributed by atoms with Crippen LogP contribution < -0.4 is 5.32 Å². The van der Waals surface area contributed by atoms with Gasteiger partial charge in [-0.3, -0.25) is 24.6 Å². The molecule has 0 aromatic heterocycles. The molecule has 3 rings (SSSR count). The Kier molecular flexibility index (Phi) is 5.74. The van der Waals surface area contributed by atoms with Crippen LogP contribution in [0.25, 0.3) is 0 Å². The van der Waals surface area contributed by atoms with Crippen LogP contribution in [0.2, 0.25) is 0 Å². The smallest absolute Gasteiger partial charge is 0.326 e. The highest BCUT2D eigenvalue weighted by Gasteiger charge is 2.66. The molecule has 2 fully saturated rings. The van der Waals surface area contributed by atoms with Gasteiger partial charge in [0.2, 0.25) is 21.8 Å². The van der Waals surface area contributed by atoms with Gasteiger partial charge in [-0.15, -0.1) is 0 Å². The first-order valence-corrected chi connectivity index (χ1v) is 10.9. The lowest BCUT2D eigenvalue weighted by Gasteiger charge is -2.29. The minimum atomic E-state index is -3.99. The molecule has 2 aliphatic heterocycles. The SMILES string of the molecule is CCN(C[C@H]1N[C@@](C)(C(=O)OC)[C@H]2C(=O)N(C)C(=O)[C@@H]12)S(=O)(=O)c1ccc(F)cc1. The third-order valence-electron chi connectivity index (χ3n) is 5.93. The first-order valence-electron chi connectivity index (χ1n) is 9.42. The number of carbonyl (C=O) groups is 3. The second-order valence-electron chi connectivity index (χ2n) is 7.59. The minimum absolute atomic E-state index is 0.0716. The highest BCUT2D eigenvalue weighted by molar-refractivity contribution is 7.89. The Balaban J connectivity index is 1.96. The lowest BCUT2D eigenvalue weighted by atomic mass is 9.81. The predicted molar refractivity (Wildman–Crippen MR) is 103 cm³/mol. The van der Waals surface area contributed by atoms with Gasteiger partial charge in [-0.25, -0.2) is 12.8 Å². The van der Waals surface area contributed by atoms with E-state index >= 15 is 0 Å². The quantitative estimate of drug-likeness (QED) is 0.487. The van der Waals surface area contributed by atoms with Crippen LogP contribution in [-0.2, 0) is 29.1 Å². The topological polar surface area (TPSA) is 113 Å². The number of esters is 1. The molecule has 0 unspecified atom stereocenters. The molecule has 11 heteroatoms. The fourth-order valence-corrected chi connectivity index (χ4v) is 5.82.